The molecule has 2 aliphatic rings. The Morgan fingerprint density at radius 1 is 1.35 bits per heavy atom. The van der Waals surface area contributed by atoms with Gasteiger partial charge in [0.1, 0.15) is 0 Å². The molecular formula is C12H13ClF2N2O3. The van der Waals surface area contributed by atoms with E-state index in [1.165, 1.54) is 18.2 Å². The van der Waals surface area contributed by atoms with Crippen LogP contribution in [-0.4, -0.2) is 25.3 Å². The van der Waals surface area contributed by atoms with E-state index >= 15 is 0 Å². The molecule has 8 heteroatoms. The summed E-state index contributed by atoms with van der Waals surface area (Å²) in [5.74, 6) is -0.333. The van der Waals surface area contributed by atoms with Crippen LogP contribution in [0.25, 0.3) is 0 Å². The van der Waals surface area contributed by atoms with Crippen LogP contribution < -0.4 is 20.1 Å². The predicted octanol–water partition coefficient (Wildman–Crippen LogP) is 1.98. The second-order valence-electron chi connectivity index (χ2n) is 4.51. The molecule has 1 saturated heterocycles. The van der Waals surface area contributed by atoms with E-state index in [9.17, 15) is 13.6 Å². The second kappa shape index (κ2) is 5.41. The fourth-order valence-corrected chi connectivity index (χ4v) is 2.15. The largest absolute Gasteiger partial charge is 0.586 e. The summed E-state index contributed by atoms with van der Waals surface area (Å²) in [6, 6.07) is 4.18. The summed E-state index contributed by atoms with van der Waals surface area (Å²) >= 11 is 0. The molecule has 1 aromatic rings. The predicted molar refractivity (Wildman–Crippen MR) is 69.5 cm³/mol. The van der Waals surface area contributed by atoms with Gasteiger partial charge in [0.2, 0.25) is 5.91 Å². The molecule has 5 nitrogen and oxygen atoms in total. The van der Waals surface area contributed by atoms with Crippen molar-refractivity contribution in [1.82, 2.24) is 5.32 Å². The number of carbonyl (C=O) groups excluding carboxylic acids is 1. The summed E-state index contributed by atoms with van der Waals surface area (Å²) < 4.78 is 34.3. The highest BCUT2D eigenvalue weighted by atomic mass is 35.5. The average molecular weight is 307 g/mol. The third-order valence-electron chi connectivity index (χ3n) is 3.10. The molecule has 0 aliphatic carbocycles. The van der Waals surface area contributed by atoms with E-state index in [0.717, 1.165) is 13.0 Å². The van der Waals surface area contributed by atoms with Crippen molar-refractivity contribution in [3.8, 4) is 11.5 Å². The van der Waals surface area contributed by atoms with Crippen LogP contribution in [0.3, 0.4) is 0 Å². The molecule has 0 bridgehead atoms. The maximum atomic E-state index is 12.8. The van der Waals surface area contributed by atoms with Gasteiger partial charge < -0.3 is 20.1 Å². The first-order chi connectivity index (χ1) is 9.03. The number of rotatable bonds is 2. The molecular weight excluding hydrogens is 294 g/mol. The lowest BCUT2D eigenvalue weighted by Gasteiger charge is -2.10. The van der Waals surface area contributed by atoms with Crippen molar-refractivity contribution in [3.63, 3.8) is 0 Å². The minimum Gasteiger partial charge on any atom is -0.395 e. The Labute approximate surface area is 120 Å². The zero-order valence-corrected chi connectivity index (χ0v) is 11.1. The minimum absolute atomic E-state index is 0. The normalized spacial score (nSPS) is 22.2. The molecule has 0 radical (unpaired) electrons. The van der Waals surface area contributed by atoms with Crippen LogP contribution in [0.5, 0.6) is 11.5 Å². The number of hydrogen-bond donors (Lipinski definition) is 2. The number of amides is 1. The molecule has 0 aromatic heterocycles. The van der Waals surface area contributed by atoms with E-state index in [2.05, 4.69) is 20.1 Å². The van der Waals surface area contributed by atoms with Crippen LogP contribution in [0.1, 0.15) is 6.42 Å². The number of fused-ring (bicyclic) bond motifs is 1. The van der Waals surface area contributed by atoms with Crippen LogP contribution in [0, 0.1) is 5.92 Å². The summed E-state index contributed by atoms with van der Waals surface area (Å²) in [7, 11) is 0. The topological polar surface area (TPSA) is 59.6 Å². The molecule has 1 aromatic carbocycles. The van der Waals surface area contributed by atoms with E-state index in [1.54, 1.807) is 0 Å². The minimum atomic E-state index is -3.64. The maximum Gasteiger partial charge on any atom is 0.586 e. The number of alkyl halides is 2. The highest BCUT2D eigenvalue weighted by molar-refractivity contribution is 5.93. The first kappa shape index (κ1) is 14.8. The van der Waals surface area contributed by atoms with Crippen LogP contribution in [-0.2, 0) is 4.79 Å². The Morgan fingerprint density at radius 3 is 2.80 bits per heavy atom. The van der Waals surface area contributed by atoms with Gasteiger partial charge in [-0.25, -0.2) is 0 Å². The monoisotopic (exact) mass is 306 g/mol. The molecule has 20 heavy (non-hydrogen) atoms. The summed E-state index contributed by atoms with van der Waals surface area (Å²) in [5.41, 5.74) is 0.414. The van der Waals surface area contributed by atoms with Gasteiger partial charge in [0.05, 0.1) is 5.92 Å². The van der Waals surface area contributed by atoms with E-state index in [0.29, 0.717) is 12.2 Å². The number of nitrogens with one attached hydrogen (secondary N) is 2. The Balaban J connectivity index is 0.00000147. The van der Waals surface area contributed by atoms with E-state index in [1.807, 2.05) is 0 Å². The zero-order chi connectivity index (χ0) is 13.5. The van der Waals surface area contributed by atoms with Crippen molar-refractivity contribution in [1.29, 1.82) is 0 Å². The smallest absolute Gasteiger partial charge is 0.395 e. The van der Waals surface area contributed by atoms with Crippen molar-refractivity contribution >= 4 is 24.0 Å². The molecule has 2 N–H and O–H groups in total. The number of benzene rings is 1. The van der Waals surface area contributed by atoms with Gasteiger partial charge >= 0.3 is 6.29 Å². The Hall–Kier alpha value is -1.60. The number of anilines is 1. The van der Waals surface area contributed by atoms with Gasteiger partial charge in [-0.2, -0.15) is 0 Å². The molecule has 1 unspecified atom stereocenters. The first-order valence-electron chi connectivity index (χ1n) is 5.95. The third-order valence-corrected chi connectivity index (χ3v) is 3.10. The van der Waals surface area contributed by atoms with Crippen LogP contribution in [0.2, 0.25) is 0 Å². The number of ether oxygens (including phenoxy) is 2. The van der Waals surface area contributed by atoms with Gasteiger partial charge in [-0.05, 0) is 25.1 Å². The number of halogens is 3. The van der Waals surface area contributed by atoms with Crippen molar-refractivity contribution in [2.75, 3.05) is 18.4 Å². The lowest BCUT2D eigenvalue weighted by molar-refractivity contribution is -0.286. The Morgan fingerprint density at radius 2 is 2.10 bits per heavy atom. The quantitative estimate of drug-likeness (QED) is 0.877. The van der Waals surface area contributed by atoms with Crippen LogP contribution >= 0.6 is 12.4 Å². The van der Waals surface area contributed by atoms with Gasteiger partial charge in [-0.15, -0.1) is 21.2 Å². The fraction of sp³-hybridized carbons (Fsp3) is 0.417. The summed E-state index contributed by atoms with van der Waals surface area (Å²) in [6.45, 7) is 1.44. The van der Waals surface area contributed by atoms with E-state index < -0.39 is 6.29 Å². The van der Waals surface area contributed by atoms with Crippen LogP contribution in [0.4, 0.5) is 14.5 Å². The summed E-state index contributed by atoms with van der Waals surface area (Å²) in [4.78, 5) is 11.9. The van der Waals surface area contributed by atoms with E-state index in [4.69, 9.17) is 0 Å². The van der Waals surface area contributed by atoms with Gasteiger partial charge in [-0.1, -0.05) is 0 Å². The summed E-state index contributed by atoms with van der Waals surface area (Å²) in [6.07, 6.45) is -2.87. The highest BCUT2D eigenvalue weighted by Gasteiger charge is 2.43. The summed E-state index contributed by atoms with van der Waals surface area (Å²) in [5, 5.41) is 5.77. The van der Waals surface area contributed by atoms with Gasteiger partial charge in [0.15, 0.2) is 11.5 Å². The Kier molecular flexibility index (Phi) is 4.01. The van der Waals surface area contributed by atoms with Crippen molar-refractivity contribution in [2.24, 2.45) is 5.92 Å². The second-order valence-corrected chi connectivity index (χ2v) is 4.51. The third kappa shape index (κ3) is 2.94. The van der Waals surface area contributed by atoms with Gasteiger partial charge in [-0.3, -0.25) is 4.79 Å². The molecule has 1 atom stereocenters. The Bertz CT molecular complexity index is 521. The molecule has 2 heterocycles. The molecule has 0 spiro atoms. The molecule has 2 aliphatic heterocycles. The van der Waals surface area contributed by atoms with Crippen molar-refractivity contribution < 1.29 is 23.0 Å². The standard InChI is InChI=1S/C12H12F2N2O3.ClH/c13-12(14)18-9-2-1-8(5-10(9)19-12)16-11(17)7-3-4-15-6-7;/h1-2,5,7,15H,3-4,6H2,(H,16,17);1H. The molecule has 110 valence electrons. The lowest BCUT2D eigenvalue weighted by Crippen LogP contribution is -2.26. The van der Waals surface area contributed by atoms with Gasteiger partial charge in [0.25, 0.3) is 0 Å². The maximum absolute atomic E-state index is 12.8. The molecule has 0 saturated carbocycles. The molecule has 1 amide bonds. The lowest BCUT2D eigenvalue weighted by atomic mass is 10.1. The zero-order valence-electron chi connectivity index (χ0n) is 10.3. The molecule has 3 rings (SSSR count). The van der Waals surface area contributed by atoms with Gasteiger partial charge in [0, 0.05) is 18.3 Å². The number of hydrogen-bond acceptors (Lipinski definition) is 4. The van der Waals surface area contributed by atoms with Crippen molar-refractivity contribution in [2.45, 2.75) is 12.7 Å². The SMILES string of the molecule is Cl.O=C(Nc1ccc2c(c1)OC(F)(F)O2)C1CCNC1. The number of carbonyl (C=O) groups is 1. The fourth-order valence-electron chi connectivity index (χ4n) is 2.15. The highest BCUT2D eigenvalue weighted by Crippen LogP contribution is 2.42. The van der Waals surface area contributed by atoms with Crippen LogP contribution in [0.15, 0.2) is 18.2 Å². The van der Waals surface area contributed by atoms with E-state index in [-0.39, 0.29) is 35.7 Å². The van der Waals surface area contributed by atoms with Crippen molar-refractivity contribution in [3.05, 3.63) is 18.2 Å². The average Bonchev–Trinajstić information content (AvgIpc) is 2.93. The molecule has 1 fully saturated rings. The first-order valence-corrected chi connectivity index (χ1v) is 5.95.